The van der Waals surface area contributed by atoms with Gasteiger partial charge in [-0.15, -0.1) is 4.09 Å². The van der Waals surface area contributed by atoms with Crippen molar-refractivity contribution in [1.29, 1.82) is 0 Å². The van der Waals surface area contributed by atoms with Crippen molar-refractivity contribution >= 4 is 20.8 Å². The van der Waals surface area contributed by atoms with Gasteiger partial charge in [0, 0.05) is 13.1 Å². The van der Waals surface area contributed by atoms with Crippen molar-refractivity contribution in [2.45, 2.75) is 4.90 Å². The summed E-state index contributed by atoms with van der Waals surface area (Å²) in [7, 11) is 2.26. The number of hydrogen-bond donors (Lipinski definition) is 0. The molecule has 0 aliphatic carbocycles. The van der Waals surface area contributed by atoms with Gasteiger partial charge in [0.25, 0.3) is 21.1 Å². The van der Waals surface area contributed by atoms with Crippen LogP contribution in [0.3, 0.4) is 0 Å². The van der Waals surface area contributed by atoms with Crippen LogP contribution in [0.15, 0.2) is 44.8 Å². The van der Waals surface area contributed by atoms with Gasteiger partial charge in [-0.2, -0.15) is 8.42 Å². The Balaban J connectivity index is 2.38. The Morgan fingerprint density at radius 2 is 1.17 bits per heavy atom. The molecule has 0 radical (unpaired) electrons. The quantitative estimate of drug-likeness (QED) is 0.562. The van der Waals surface area contributed by atoms with Crippen LogP contribution in [0.4, 0.5) is 0 Å². The zero-order valence-electron chi connectivity index (χ0n) is 17.0. The molecule has 0 unspecified atom stereocenters. The van der Waals surface area contributed by atoms with E-state index in [9.17, 15) is 18.0 Å². The van der Waals surface area contributed by atoms with Crippen LogP contribution >= 0.6 is 0 Å². The minimum atomic E-state index is -4.45. The van der Waals surface area contributed by atoms with Gasteiger partial charge in [-0.3, -0.25) is 9.59 Å². The van der Waals surface area contributed by atoms with E-state index in [-0.39, 0.29) is 32.9 Å². The summed E-state index contributed by atoms with van der Waals surface area (Å²) < 4.78 is 48.3. The first kappa shape index (κ1) is 21.2. The Hall–Kier alpha value is -3.47. The number of fused-ring (bicyclic) bond motifs is 1. The normalized spacial score (nSPS) is 11.4. The Bertz CT molecular complexity index is 1360. The number of methoxy groups -OCH3 is 4. The Morgan fingerprint density at radius 1 is 0.700 bits per heavy atom. The van der Waals surface area contributed by atoms with Crippen LogP contribution < -0.4 is 30.1 Å². The molecule has 0 fully saturated rings. The molecule has 0 bridgehead atoms. The van der Waals surface area contributed by atoms with E-state index in [0.717, 1.165) is 4.68 Å². The predicted octanol–water partition coefficient (Wildman–Crippen LogP) is 0.972. The van der Waals surface area contributed by atoms with Gasteiger partial charge in [0.05, 0.1) is 44.1 Å². The van der Waals surface area contributed by atoms with Crippen LogP contribution in [0.2, 0.25) is 0 Å². The monoisotopic (exact) mass is 436 g/mol. The molecule has 1 aromatic heterocycles. The van der Waals surface area contributed by atoms with E-state index in [2.05, 4.69) is 0 Å². The van der Waals surface area contributed by atoms with Crippen LogP contribution in [0.1, 0.15) is 0 Å². The third-order valence-electron chi connectivity index (χ3n) is 4.61. The second-order valence-electron chi connectivity index (χ2n) is 6.15. The highest BCUT2D eigenvalue weighted by atomic mass is 32.2. The summed E-state index contributed by atoms with van der Waals surface area (Å²) in [5.41, 5.74) is -1.61. The van der Waals surface area contributed by atoms with Gasteiger partial charge in [-0.1, -0.05) is 0 Å². The molecule has 11 heteroatoms. The largest absolute Gasteiger partial charge is 0.493 e. The van der Waals surface area contributed by atoms with Crippen LogP contribution in [-0.4, -0.2) is 45.6 Å². The number of rotatable bonds is 6. The lowest BCUT2D eigenvalue weighted by atomic mass is 10.1. The zero-order valence-corrected chi connectivity index (χ0v) is 17.8. The molecule has 0 spiro atoms. The van der Waals surface area contributed by atoms with Gasteiger partial charge in [0.1, 0.15) is 0 Å². The van der Waals surface area contributed by atoms with Gasteiger partial charge >= 0.3 is 0 Å². The molecule has 0 aliphatic rings. The minimum absolute atomic E-state index is 0.00101. The summed E-state index contributed by atoms with van der Waals surface area (Å²) in [6.45, 7) is 0. The molecule has 10 nitrogen and oxygen atoms in total. The highest BCUT2D eigenvalue weighted by molar-refractivity contribution is 7.89. The van der Waals surface area contributed by atoms with E-state index in [4.69, 9.17) is 18.9 Å². The molecule has 0 N–H and O–H groups in total. The molecule has 160 valence electrons. The summed E-state index contributed by atoms with van der Waals surface area (Å²) in [4.78, 5) is 25.8. The molecule has 0 aliphatic heterocycles. The first-order chi connectivity index (χ1) is 14.2. The highest BCUT2D eigenvalue weighted by Gasteiger charge is 2.26. The summed E-state index contributed by atoms with van der Waals surface area (Å²) in [5.74, 6) is 0.893. The molecule has 0 saturated heterocycles. The number of hydrogen-bond acceptors (Lipinski definition) is 8. The molecule has 1 heterocycles. The fourth-order valence-electron chi connectivity index (χ4n) is 3.08. The Labute approximate surface area is 171 Å². The SMILES string of the molecule is COc1ccc(S(=O)(=O)n2c(=O)c3cc(OC)c(OC)cc3c(=O)n2C)cc1OC. The van der Waals surface area contributed by atoms with Crippen molar-refractivity contribution in [1.82, 2.24) is 8.77 Å². The van der Waals surface area contributed by atoms with Crippen molar-refractivity contribution < 1.29 is 27.4 Å². The molecule has 3 aromatic rings. The Morgan fingerprint density at radius 3 is 1.67 bits per heavy atom. The minimum Gasteiger partial charge on any atom is -0.493 e. The number of nitrogens with zero attached hydrogens (tertiary/aromatic N) is 2. The van der Waals surface area contributed by atoms with E-state index in [1.165, 1.54) is 65.8 Å². The molecular formula is C19H20N2O8S. The first-order valence-electron chi connectivity index (χ1n) is 8.56. The maximum absolute atomic E-state index is 13.3. The van der Waals surface area contributed by atoms with E-state index in [1.807, 2.05) is 0 Å². The summed E-state index contributed by atoms with van der Waals surface area (Å²) in [6.07, 6.45) is 0. The standard InChI is InChI=1S/C19H20N2O8S/c1-20-18(22)12-9-16(28-4)17(29-5)10-13(12)19(23)21(20)30(24,25)11-6-7-14(26-2)15(8-11)27-3/h6-10H,1-5H3. The van der Waals surface area contributed by atoms with E-state index >= 15 is 0 Å². The summed E-state index contributed by atoms with van der Waals surface area (Å²) in [5, 5.41) is -0.126. The lowest BCUT2D eigenvalue weighted by Gasteiger charge is -2.16. The average molecular weight is 436 g/mol. The van der Waals surface area contributed by atoms with Crippen LogP contribution in [0.5, 0.6) is 23.0 Å². The average Bonchev–Trinajstić information content (AvgIpc) is 2.75. The molecule has 0 saturated carbocycles. The van der Waals surface area contributed by atoms with E-state index in [0.29, 0.717) is 9.84 Å². The van der Waals surface area contributed by atoms with E-state index in [1.54, 1.807) is 0 Å². The fourth-order valence-corrected chi connectivity index (χ4v) is 4.49. The third-order valence-corrected chi connectivity index (χ3v) is 6.32. The Kier molecular flexibility index (Phi) is 5.49. The fraction of sp³-hybridized carbons (Fsp3) is 0.263. The predicted molar refractivity (Wildman–Crippen MR) is 109 cm³/mol. The molecular weight excluding hydrogens is 416 g/mol. The molecule has 0 atom stereocenters. The van der Waals surface area contributed by atoms with Crippen molar-refractivity contribution in [3.63, 3.8) is 0 Å². The van der Waals surface area contributed by atoms with Gasteiger partial charge in [0.2, 0.25) is 0 Å². The molecule has 0 amide bonds. The van der Waals surface area contributed by atoms with Crippen molar-refractivity contribution in [3.05, 3.63) is 51.0 Å². The van der Waals surface area contributed by atoms with Gasteiger partial charge in [0.15, 0.2) is 23.0 Å². The maximum atomic E-state index is 13.3. The lowest BCUT2D eigenvalue weighted by Crippen LogP contribution is -2.41. The number of ether oxygens (including phenoxy) is 4. The zero-order chi connectivity index (χ0) is 22.2. The van der Waals surface area contributed by atoms with Gasteiger partial charge in [-0.25, -0.2) is 4.68 Å². The third kappa shape index (κ3) is 3.16. The number of aromatic nitrogens is 2. The van der Waals surface area contributed by atoms with Crippen LogP contribution in [0.25, 0.3) is 10.8 Å². The van der Waals surface area contributed by atoms with Crippen LogP contribution in [-0.2, 0) is 17.1 Å². The second-order valence-corrected chi connectivity index (χ2v) is 7.92. The summed E-state index contributed by atoms with van der Waals surface area (Å²) >= 11 is 0. The van der Waals surface area contributed by atoms with E-state index < -0.39 is 21.1 Å². The smallest absolute Gasteiger partial charge is 0.288 e. The summed E-state index contributed by atoms with van der Waals surface area (Å²) in [6, 6.07) is 6.48. The van der Waals surface area contributed by atoms with Crippen molar-refractivity contribution in [2.24, 2.45) is 7.05 Å². The number of benzene rings is 2. The van der Waals surface area contributed by atoms with Gasteiger partial charge < -0.3 is 18.9 Å². The second kappa shape index (κ2) is 7.75. The lowest BCUT2D eigenvalue weighted by molar-refractivity contribution is 0.354. The topological polar surface area (TPSA) is 115 Å². The molecule has 3 rings (SSSR count). The van der Waals surface area contributed by atoms with Crippen molar-refractivity contribution in [2.75, 3.05) is 28.4 Å². The highest BCUT2D eigenvalue weighted by Crippen LogP contribution is 2.31. The molecule has 2 aromatic carbocycles. The maximum Gasteiger partial charge on any atom is 0.288 e. The van der Waals surface area contributed by atoms with Gasteiger partial charge in [-0.05, 0) is 24.3 Å². The van der Waals surface area contributed by atoms with Crippen LogP contribution in [0, 0.1) is 0 Å². The molecule has 30 heavy (non-hydrogen) atoms. The van der Waals surface area contributed by atoms with Crippen molar-refractivity contribution in [3.8, 4) is 23.0 Å². The first-order valence-corrected chi connectivity index (χ1v) is 10.0.